The SMILES string of the molecule is C[C@@H]1C[C@H]2[C@@H]3CCC4=CC(=O)C=C[C@]4(C)[C@H]3CC[C@]2(C)C1C(=S)OO. The maximum absolute atomic E-state index is 11.8. The summed E-state index contributed by atoms with van der Waals surface area (Å²) in [5, 5.41) is 9.56. The van der Waals surface area contributed by atoms with E-state index in [1.54, 1.807) is 6.08 Å². The molecule has 0 saturated heterocycles. The summed E-state index contributed by atoms with van der Waals surface area (Å²) in [6.45, 7) is 6.95. The summed E-state index contributed by atoms with van der Waals surface area (Å²) >= 11 is 5.38. The standard InChI is InChI=1S/C21H28O3S/c1-12-10-17-15-5-4-13-11-14(22)6-8-20(13,2)16(15)7-9-21(17,3)18(12)19(25)24-23/h6,8,11-12,15-18,23H,4-5,7,9-10H2,1-3H3/t12-,15-,16+,17+,18?,20+,21+/m1/s1. The van der Waals surface area contributed by atoms with E-state index in [1.807, 2.05) is 6.08 Å². The number of thiocarbonyl (C=S) groups is 1. The molecule has 0 spiro atoms. The predicted octanol–water partition coefficient (Wildman–Crippen LogP) is 4.97. The topological polar surface area (TPSA) is 46.5 Å². The summed E-state index contributed by atoms with van der Waals surface area (Å²) < 4.78 is 0. The zero-order valence-electron chi connectivity index (χ0n) is 15.3. The Morgan fingerprint density at radius 1 is 1.32 bits per heavy atom. The molecule has 0 aromatic rings. The van der Waals surface area contributed by atoms with Crippen LogP contribution in [0.25, 0.3) is 0 Å². The lowest BCUT2D eigenvalue weighted by atomic mass is 9.48. The Morgan fingerprint density at radius 2 is 2.08 bits per heavy atom. The molecule has 0 radical (unpaired) electrons. The number of allylic oxidation sites excluding steroid dienone is 4. The van der Waals surface area contributed by atoms with Gasteiger partial charge in [0.1, 0.15) is 0 Å². The molecule has 7 atom stereocenters. The molecule has 0 bridgehead atoms. The van der Waals surface area contributed by atoms with Crippen molar-refractivity contribution in [1.29, 1.82) is 0 Å². The highest BCUT2D eigenvalue weighted by molar-refractivity contribution is 7.80. The van der Waals surface area contributed by atoms with Crippen molar-refractivity contribution >= 4 is 23.1 Å². The summed E-state index contributed by atoms with van der Waals surface area (Å²) in [6, 6.07) is 0. The Bertz CT molecular complexity index is 681. The average molecular weight is 361 g/mol. The molecule has 0 aromatic carbocycles. The smallest absolute Gasteiger partial charge is 0.209 e. The molecule has 4 aliphatic rings. The van der Waals surface area contributed by atoms with E-state index in [-0.39, 0.29) is 22.5 Å². The van der Waals surface area contributed by atoms with Gasteiger partial charge in [-0.15, -0.1) is 0 Å². The van der Waals surface area contributed by atoms with E-state index < -0.39 is 0 Å². The fraction of sp³-hybridized carbons (Fsp3) is 0.714. The van der Waals surface area contributed by atoms with Crippen LogP contribution in [0.2, 0.25) is 0 Å². The van der Waals surface area contributed by atoms with Gasteiger partial charge in [-0.3, -0.25) is 4.79 Å². The lowest BCUT2D eigenvalue weighted by Gasteiger charge is -2.56. The third-order valence-corrected chi connectivity index (χ3v) is 8.57. The molecule has 4 aliphatic carbocycles. The second-order valence-corrected chi connectivity index (χ2v) is 9.65. The van der Waals surface area contributed by atoms with Gasteiger partial charge in [0, 0.05) is 11.3 Å². The first-order valence-corrected chi connectivity index (χ1v) is 10.0. The minimum absolute atomic E-state index is 0.0352. The van der Waals surface area contributed by atoms with Gasteiger partial charge in [-0.25, -0.2) is 5.26 Å². The summed E-state index contributed by atoms with van der Waals surface area (Å²) in [7, 11) is 0. The van der Waals surface area contributed by atoms with Gasteiger partial charge in [-0.1, -0.05) is 32.4 Å². The first-order valence-electron chi connectivity index (χ1n) is 9.61. The van der Waals surface area contributed by atoms with E-state index in [9.17, 15) is 10.1 Å². The van der Waals surface area contributed by atoms with Crippen LogP contribution in [0.15, 0.2) is 23.8 Å². The molecule has 4 heteroatoms. The highest BCUT2D eigenvalue weighted by Gasteiger charge is 2.61. The van der Waals surface area contributed by atoms with Gasteiger partial charge in [0.25, 0.3) is 0 Å². The van der Waals surface area contributed by atoms with E-state index in [0.717, 1.165) is 25.7 Å². The molecule has 0 aliphatic heterocycles. The van der Waals surface area contributed by atoms with Crippen molar-refractivity contribution in [2.75, 3.05) is 0 Å². The Morgan fingerprint density at radius 3 is 2.80 bits per heavy atom. The van der Waals surface area contributed by atoms with E-state index in [2.05, 4.69) is 31.7 Å². The van der Waals surface area contributed by atoms with Crippen molar-refractivity contribution < 1.29 is 14.9 Å². The molecule has 3 saturated carbocycles. The van der Waals surface area contributed by atoms with Crippen LogP contribution in [-0.2, 0) is 9.68 Å². The number of carbonyl (C=O) groups is 1. The summed E-state index contributed by atoms with van der Waals surface area (Å²) in [6.07, 6.45) is 11.5. The predicted molar refractivity (Wildman–Crippen MR) is 101 cm³/mol. The maximum Gasteiger partial charge on any atom is 0.209 e. The number of rotatable bonds is 1. The van der Waals surface area contributed by atoms with Gasteiger partial charge in [-0.05, 0) is 85.6 Å². The zero-order valence-corrected chi connectivity index (χ0v) is 16.1. The van der Waals surface area contributed by atoms with Gasteiger partial charge >= 0.3 is 0 Å². The third kappa shape index (κ3) is 2.33. The molecule has 0 heterocycles. The Kier molecular flexibility index (Phi) is 4.01. The lowest BCUT2D eigenvalue weighted by molar-refractivity contribution is -0.161. The molecular weight excluding hydrogens is 332 g/mol. The minimum atomic E-state index is 0.0352. The summed E-state index contributed by atoms with van der Waals surface area (Å²) in [4.78, 5) is 16.4. The van der Waals surface area contributed by atoms with Crippen molar-refractivity contribution in [3.63, 3.8) is 0 Å². The monoisotopic (exact) mass is 360 g/mol. The largest absolute Gasteiger partial charge is 0.333 e. The van der Waals surface area contributed by atoms with Crippen molar-refractivity contribution in [1.82, 2.24) is 0 Å². The number of fused-ring (bicyclic) bond motifs is 5. The third-order valence-electron chi connectivity index (χ3n) is 8.24. The van der Waals surface area contributed by atoms with Crippen molar-refractivity contribution in [2.45, 2.75) is 52.9 Å². The average Bonchev–Trinajstić information content (AvgIpc) is 2.85. The molecule has 136 valence electrons. The van der Waals surface area contributed by atoms with E-state index in [0.29, 0.717) is 28.7 Å². The number of carbonyl (C=O) groups excluding carboxylic acids is 1. The molecule has 0 aromatic heterocycles. The van der Waals surface area contributed by atoms with Crippen LogP contribution < -0.4 is 0 Å². The van der Waals surface area contributed by atoms with E-state index in [4.69, 9.17) is 12.2 Å². The highest BCUT2D eigenvalue weighted by atomic mass is 32.1. The molecule has 25 heavy (non-hydrogen) atoms. The summed E-state index contributed by atoms with van der Waals surface area (Å²) in [5.41, 5.74) is 1.49. The Labute approximate surface area is 155 Å². The summed E-state index contributed by atoms with van der Waals surface area (Å²) in [5.74, 6) is 2.63. The van der Waals surface area contributed by atoms with Crippen LogP contribution in [0.3, 0.4) is 0 Å². The second-order valence-electron chi connectivity index (χ2n) is 9.25. The molecule has 0 amide bonds. The van der Waals surface area contributed by atoms with Gasteiger partial charge in [0.2, 0.25) is 5.05 Å². The second kappa shape index (κ2) is 5.75. The fourth-order valence-electron chi connectivity index (χ4n) is 7.12. The molecule has 3 fully saturated rings. The van der Waals surface area contributed by atoms with Gasteiger partial charge in [-0.2, -0.15) is 0 Å². The van der Waals surface area contributed by atoms with Gasteiger partial charge in [0.05, 0.1) is 0 Å². The Hall–Kier alpha value is -1.00. The molecule has 3 nitrogen and oxygen atoms in total. The maximum atomic E-state index is 11.8. The van der Waals surface area contributed by atoms with Crippen molar-refractivity contribution in [3.8, 4) is 0 Å². The van der Waals surface area contributed by atoms with Gasteiger partial charge < -0.3 is 4.89 Å². The number of hydrogen-bond donors (Lipinski definition) is 1. The van der Waals surface area contributed by atoms with E-state index in [1.165, 1.54) is 12.0 Å². The fourth-order valence-corrected chi connectivity index (χ4v) is 7.62. The van der Waals surface area contributed by atoms with E-state index >= 15 is 0 Å². The van der Waals surface area contributed by atoms with Crippen LogP contribution in [0.1, 0.15) is 52.9 Å². The lowest BCUT2D eigenvalue weighted by Crippen LogP contribution is -2.50. The molecular formula is C21H28O3S. The highest BCUT2D eigenvalue weighted by Crippen LogP contribution is 2.67. The number of ketones is 1. The zero-order chi connectivity index (χ0) is 18.0. The van der Waals surface area contributed by atoms with Crippen LogP contribution in [0.5, 0.6) is 0 Å². The first-order chi connectivity index (χ1) is 11.8. The Balaban J connectivity index is 1.68. The van der Waals surface area contributed by atoms with Crippen molar-refractivity contribution in [2.24, 2.45) is 40.4 Å². The minimum Gasteiger partial charge on any atom is -0.333 e. The van der Waals surface area contributed by atoms with Crippen LogP contribution in [0, 0.1) is 40.4 Å². The number of hydrogen-bond acceptors (Lipinski definition) is 4. The first kappa shape index (κ1) is 17.4. The molecule has 1 unspecified atom stereocenters. The van der Waals surface area contributed by atoms with Crippen LogP contribution in [0.4, 0.5) is 0 Å². The van der Waals surface area contributed by atoms with Crippen LogP contribution in [-0.4, -0.2) is 16.1 Å². The quantitative estimate of drug-likeness (QED) is 0.407. The normalized spacial score (nSPS) is 48.2. The van der Waals surface area contributed by atoms with Gasteiger partial charge in [0.15, 0.2) is 5.78 Å². The molecule has 1 N–H and O–H groups in total. The van der Waals surface area contributed by atoms with Crippen molar-refractivity contribution in [3.05, 3.63) is 23.8 Å². The molecule has 4 rings (SSSR count). The van der Waals surface area contributed by atoms with Crippen LogP contribution >= 0.6 is 12.2 Å².